The fraction of sp³-hybridized carbons (Fsp3) is 1.00. The van der Waals surface area contributed by atoms with Crippen LogP contribution in [0.5, 0.6) is 0 Å². The van der Waals surface area contributed by atoms with E-state index in [2.05, 4.69) is 0 Å². The van der Waals surface area contributed by atoms with Crippen molar-refractivity contribution in [2.24, 2.45) is 0 Å². The van der Waals surface area contributed by atoms with E-state index in [4.69, 9.17) is 14.5 Å². The maximum Gasteiger partial charge on any atom is 0.321 e. The van der Waals surface area contributed by atoms with Crippen molar-refractivity contribution in [1.82, 2.24) is 14.7 Å². The van der Waals surface area contributed by atoms with E-state index >= 15 is 0 Å². The molecule has 12 heavy (non-hydrogen) atoms. The third kappa shape index (κ3) is 2.48. The van der Waals surface area contributed by atoms with Gasteiger partial charge in [0.05, 0.1) is 21.3 Å². The molecule has 66 valence electrons. The van der Waals surface area contributed by atoms with Crippen LogP contribution >= 0.6 is 0 Å². The van der Waals surface area contributed by atoms with E-state index in [9.17, 15) is 0 Å². The monoisotopic (exact) mass is 171 g/mol. The maximum absolute atomic E-state index is 5.05. The first kappa shape index (κ1) is 10.0. The average Bonchev–Trinajstić information content (AvgIpc) is 2.16. The highest BCUT2D eigenvalue weighted by atomic mass is 16.7. The molecule has 0 aromatic rings. The highest BCUT2D eigenvalue weighted by Gasteiger charge is 2.28. The lowest BCUT2D eigenvalue weighted by atomic mass is 9.82. The molecule has 6 nitrogen and oxygen atoms in total. The van der Waals surface area contributed by atoms with Gasteiger partial charge in [-0.1, -0.05) is 0 Å². The number of hydrogen-bond donors (Lipinski definition) is 0. The van der Waals surface area contributed by atoms with E-state index in [1.54, 1.807) is 36.0 Å². The van der Waals surface area contributed by atoms with E-state index in [0.29, 0.717) is 22.6 Å². The van der Waals surface area contributed by atoms with Gasteiger partial charge in [-0.3, -0.25) is 0 Å². The molecule has 0 bridgehead atoms. The molecule has 0 spiro atoms. The fourth-order valence-electron chi connectivity index (χ4n) is 1.01. The van der Waals surface area contributed by atoms with Crippen molar-refractivity contribution < 1.29 is 14.5 Å². The quantitative estimate of drug-likeness (QED) is 0.432. The van der Waals surface area contributed by atoms with E-state index in [-0.39, 0.29) is 0 Å². The zero-order valence-electron chi connectivity index (χ0n) is 7.69. The summed E-state index contributed by atoms with van der Waals surface area (Å²) in [6.45, 7) is 0. The van der Waals surface area contributed by atoms with Crippen LogP contribution in [0.4, 0.5) is 0 Å². The normalized spacial score (nSPS) is 21.2. The molecule has 0 saturated carbocycles. The second-order valence-corrected chi connectivity index (χ2v) is 2.42. The molecule has 1 aliphatic rings. The van der Waals surface area contributed by atoms with Crippen LogP contribution < -0.4 is 0 Å². The van der Waals surface area contributed by atoms with Crippen LogP contribution in [0, 0.1) is 0 Å². The predicted octanol–water partition coefficient (Wildman–Crippen LogP) is -2.61. The molecule has 0 aliphatic carbocycles. The van der Waals surface area contributed by atoms with Gasteiger partial charge >= 0.3 is 22.6 Å². The second-order valence-electron chi connectivity index (χ2n) is 2.42. The lowest BCUT2D eigenvalue weighted by Crippen LogP contribution is -2.60. The van der Waals surface area contributed by atoms with Gasteiger partial charge in [-0.15, -0.1) is 0 Å². The molecule has 0 atom stereocenters. The topological polar surface area (TPSA) is 37.4 Å². The molecule has 1 aliphatic heterocycles. The van der Waals surface area contributed by atoms with Crippen LogP contribution in [0.3, 0.4) is 0 Å². The lowest BCUT2D eigenvalue weighted by Gasteiger charge is -2.35. The maximum atomic E-state index is 5.05. The van der Waals surface area contributed by atoms with Crippen molar-refractivity contribution in [1.29, 1.82) is 0 Å². The molecule has 9 heteroatoms. The Labute approximate surface area is 74.0 Å². The third-order valence-electron chi connectivity index (χ3n) is 1.72. The van der Waals surface area contributed by atoms with Gasteiger partial charge < -0.3 is 14.5 Å². The minimum Gasteiger partial charge on any atom is -0.323 e. The Bertz CT molecular complexity index is 111. The molecule has 1 heterocycles. The van der Waals surface area contributed by atoms with Gasteiger partial charge in [-0.2, -0.15) is 0 Å². The molecule has 0 amide bonds. The van der Waals surface area contributed by atoms with Crippen molar-refractivity contribution in [3.63, 3.8) is 0 Å². The Hall–Kier alpha value is -0.0452. The Morgan fingerprint density at radius 2 is 0.917 bits per heavy atom. The summed E-state index contributed by atoms with van der Waals surface area (Å²) in [7, 11) is 6.71. The minimum absolute atomic E-state index is 0.618. The summed E-state index contributed by atoms with van der Waals surface area (Å²) < 4.78 is 0. The highest BCUT2D eigenvalue weighted by molar-refractivity contribution is 6.63. The van der Waals surface area contributed by atoms with Crippen LogP contribution in [-0.4, -0.2) is 58.6 Å². The first-order valence-corrected chi connectivity index (χ1v) is 3.67. The van der Waals surface area contributed by atoms with Crippen LogP contribution in [0.15, 0.2) is 0 Å². The number of hydrogen-bond acceptors (Lipinski definition) is 6. The van der Waals surface area contributed by atoms with Crippen LogP contribution in [0.1, 0.15) is 0 Å². The molecule has 0 radical (unpaired) electrons. The van der Waals surface area contributed by atoms with Crippen molar-refractivity contribution in [3.8, 4) is 0 Å². The summed E-state index contributed by atoms with van der Waals surface area (Å²) in [6, 6.07) is 0. The zero-order valence-corrected chi connectivity index (χ0v) is 7.69. The zero-order chi connectivity index (χ0) is 8.97. The molecule has 0 N–H and O–H groups in total. The first-order chi connectivity index (χ1) is 5.80. The van der Waals surface area contributed by atoms with E-state index < -0.39 is 0 Å². The standard InChI is InChI=1S/C3H12B3N3O3/c1-10-7-4-8(11-2)6-9(5-7)12-3/h4-6H,1-3H3. The smallest absolute Gasteiger partial charge is 0.321 e. The van der Waals surface area contributed by atoms with E-state index in [1.807, 2.05) is 0 Å². The number of nitrogens with zero attached hydrogens (tertiary/aromatic N) is 3. The van der Waals surface area contributed by atoms with E-state index in [1.165, 1.54) is 0 Å². The van der Waals surface area contributed by atoms with Crippen molar-refractivity contribution in [2.45, 2.75) is 0 Å². The van der Waals surface area contributed by atoms with Crippen molar-refractivity contribution >= 4 is 22.6 Å². The summed E-state index contributed by atoms with van der Waals surface area (Å²) in [5.41, 5.74) is 0. The Morgan fingerprint density at radius 1 is 0.667 bits per heavy atom. The van der Waals surface area contributed by atoms with Gasteiger partial charge in [0.25, 0.3) is 0 Å². The molecule has 0 unspecified atom stereocenters. The van der Waals surface area contributed by atoms with Gasteiger partial charge in [0, 0.05) is 0 Å². The third-order valence-corrected chi connectivity index (χ3v) is 1.72. The SMILES string of the molecule is CON1BN(OC)BN(OC)B1. The van der Waals surface area contributed by atoms with Crippen LogP contribution in [0.2, 0.25) is 0 Å². The molecule has 0 aromatic carbocycles. The second kappa shape index (κ2) is 4.85. The highest BCUT2D eigenvalue weighted by Crippen LogP contribution is 2.00. The molecule has 1 rings (SSSR count). The average molecular weight is 171 g/mol. The minimum atomic E-state index is 0.618. The van der Waals surface area contributed by atoms with Crippen molar-refractivity contribution in [2.75, 3.05) is 21.3 Å². The summed E-state index contributed by atoms with van der Waals surface area (Å²) in [5, 5.41) is 0. The Kier molecular flexibility index (Phi) is 4.06. The van der Waals surface area contributed by atoms with Crippen molar-refractivity contribution in [3.05, 3.63) is 0 Å². The van der Waals surface area contributed by atoms with Crippen LogP contribution in [-0.2, 0) is 14.5 Å². The molecule has 1 saturated heterocycles. The molecule has 1 fully saturated rings. The van der Waals surface area contributed by atoms with Gasteiger partial charge in [0.15, 0.2) is 0 Å². The van der Waals surface area contributed by atoms with Gasteiger partial charge in [0.2, 0.25) is 0 Å². The number of rotatable bonds is 3. The molecule has 0 aromatic heterocycles. The largest absolute Gasteiger partial charge is 0.323 e. The summed E-state index contributed by atoms with van der Waals surface area (Å²) in [6.07, 6.45) is 0. The van der Waals surface area contributed by atoms with Gasteiger partial charge in [-0.05, 0) is 0 Å². The molecular formula is C3H12B3N3O3. The fourth-order valence-corrected chi connectivity index (χ4v) is 1.01. The van der Waals surface area contributed by atoms with Gasteiger partial charge in [0.1, 0.15) is 0 Å². The first-order valence-electron chi connectivity index (χ1n) is 3.67. The summed E-state index contributed by atoms with van der Waals surface area (Å²) in [5.74, 6) is 0. The van der Waals surface area contributed by atoms with E-state index in [0.717, 1.165) is 0 Å². The van der Waals surface area contributed by atoms with Crippen LogP contribution in [0.25, 0.3) is 0 Å². The molecular weight excluding hydrogens is 158 g/mol. The Balaban J connectivity index is 2.41. The predicted molar refractivity (Wildman–Crippen MR) is 48.0 cm³/mol. The Morgan fingerprint density at radius 3 is 1.08 bits per heavy atom. The lowest BCUT2D eigenvalue weighted by molar-refractivity contribution is -0.0786. The van der Waals surface area contributed by atoms with Gasteiger partial charge in [-0.25, -0.2) is 14.7 Å². The summed E-state index contributed by atoms with van der Waals surface area (Å²) in [4.78, 5) is 20.3. The summed E-state index contributed by atoms with van der Waals surface area (Å²) >= 11 is 0.